The summed E-state index contributed by atoms with van der Waals surface area (Å²) < 4.78 is 5.43. The summed E-state index contributed by atoms with van der Waals surface area (Å²) in [4.78, 5) is 7.17. The fourth-order valence-corrected chi connectivity index (χ4v) is 2.36. The molecule has 1 aromatic rings. The Hall–Kier alpha value is -1.55. The molecular weight excluding hydrogens is 250 g/mol. The summed E-state index contributed by atoms with van der Waals surface area (Å²) in [6.07, 6.45) is 3.36. The van der Waals surface area contributed by atoms with Gasteiger partial charge in [-0.15, -0.1) is 0 Å². The summed E-state index contributed by atoms with van der Waals surface area (Å²) in [7, 11) is 1.95. The minimum Gasteiger partial charge on any atom is -0.378 e. The fourth-order valence-electron chi connectivity index (χ4n) is 2.36. The Morgan fingerprint density at radius 3 is 2.75 bits per heavy atom. The third kappa shape index (κ3) is 3.97. The molecule has 0 amide bonds. The minimum atomic E-state index is 0.798. The molecule has 1 fully saturated rings. The number of hydrogen-bond donors (Lipinski definition) is 1. The SMILES string of the molecule is CCCC/C(=N/c1ccccc1N1CCOCC1)NC. The number of hydrogen-bond acceptors (Lipinski definition) is 3. The molecule has 1 heterocycles. The monoisotopic (exact) mass is 275 g/mol. The molecule has 1 aliphatic rings. The third-order valence-corrected chi connectivity index (χ3v) is 3.54. The van der Waals surface area contributed by atoms with Crippen LogP contribution in [-0.4, -0.2) is 39.2 Å². The van der Waals surface area contributed by atoms with E-state index in [2.05, 4.69) is 41.4 Å². The van der Waals surface area contributed by atoms with Crippen LogP contribution in [0.25, 0.3) is 0 Å². The number of ether oxygens (including phenoxy) is 1. The molecule has 0 radical (unpaired) electrons. The molecule has 0 aromatic heterocycles. The zero-order valence-corrected chi connectivity index (χ0v) is 12.6. The molecule has 0 bridgehead atoms. The molecule has 2 rings (SSSR count). The van der Waals surface area contributed by atoms with Crippen LogP contribution >= 0.6 is 0 Å². The maximum atomic E-state index is 5.43. The van der Waals surface area contributed by atoms with Gasteiger partial charge in [0.1, 0.15) is 5.84 Å². The average molecular weight is 275 g/mol. The second-order valence-electron chi connectivity index (χ2n) is 5.00. The van der Waals surface area contributed by atoms with Gasteiger partial charge in [-0.1, -0.05) is 25.5 Å². The lowest BCUT2D eigenvalue weighted by molar-refractivity contribution is 0.123. The maximum Gasteiger partial charge on any atom is 0.102 e. The van der Waals surface area contributed by atoms with Crippen LogP contribution in [0, 0.1) is 0 Å². The van der Waals surface area contributed by atoms with Gasteiger partial charge in [-0.3, -0.25) is 0 Å². The van der Waals surface area contributed by atoms with Gasteiger partial charge in [0.15, 0.2) is 0 Å². The van der Waals surface area contributed by atoms with E-state index in [1.807, 2.05) is 7.05 Å². The Morgan fingerprint density at radius 2 is 2.05 bits per heavy atom. The normalized spacial score (nSPS) is 16.3. The quantitative estimate of drug-likeness (QED) is 0.663. The van der Waals surface area contributed by atoms with Crippen molar-refractivity contribution >= 4 is 17.2 Å². The Kier molecular flexibility index (Phi) is 5.87. The second-order valence-corrected chi connectivity index (χ2v) is 5.00. The molecule has 1 N–H and O–H groups in total. The van der Waals surface area contributed by atoms with Crippen molar-refractivity contribution in [1.82, 2.24) is 5.32 Å². The molecule has 4 nitrogen and oxygen atoms in total. The van der Waals surface area contributed by atoms with Gasteiger partial charge in [0.05, 0.1) is 24.6 Å². The molecule has 110 valence electrons. The summed E-state index contributed by atoms with van der Waals surface area (Å²) in [5, 5.41) is 3.22. The van der Waals surface area contributed by atoms with E-state index < -0.39 is 0 Å². The van der Waals surface area contributed by atoms with Crippen molar-refractivity contribution in [1.29, 1.82) is 0 Å². The van der Waals surface area contributed by atoms with Crippen LogP contribution in [0.3, 0.4) is 0 Å². The van der Waals surface area contributed by atoms with Crippen LogP contribution in [-0.2, 0) is 4.74 Å². The topological polar surface area (TPSA) is 36.9 Å². The fraction of sp³-hybridized carbons (Fsp3) is 0.562. The highest BCUT2D eigenvalue weighted by Crippen LogP contribution is 2.29. The lowest BCUT2D eigenvalue weighted by Gasteiger charge is -2.29. The number of nitrogens with one attached hydrogen (secondary N) is 1. The van der Waals surface area contributed by atoms with E-state index in [0.717, 1.165) is 44.2 Å². The molecule has 0 spiro atoms. The van der Waals surface area contributed by atoms with Crippen LogP contribution in [0.5, 0.6) is 0 Å². The maximum absolute atomic E-state index is 5.43. The second kappa shape index (κ2) is 7.90. The van der Waals surface area contributed by atoms with Crippen molar-refractivity contribution < 1.29 is 4.74 Å². The van der Waals surface area contributed by atoms with E-state index in [-0.39, 0.29) is 0 Å². The highest BCUT2D eigenvalue weighted by atomic mass is 16.5. The smallest absolute Gasteiger partial charge is 0.102 e. The first-order valence-corrected chi connectivity index (χ1v) is 7.52. The molecule has 0 saturated carbocycles. The average Bonchev–Trinajstić information content (AvgIpc) is 2.52. The summed E-state index contributed by atoms with van der Waals surface area (Å²) >= 11 is 0. The zero-order chi connectivity index (χ0) is 14.2. The lowest BCUT2D eigenvalue weighted by Crippen LogP contribution is -2.36. The lowest BCUT2D eigenvalue weighted by atomic mass is 10.2. The summed E-state index contributed by atoms with van der Waals surface area (Å²) in [5.41, 5.74) is 2.26. The van der Waals surface area contributed by atoms with E-state index in [1.54, 1.807) is 0 Å². The molecule has 1 aliphatic heterocycles. The molecule has 4 heteroatoms. The van der Waals surface area contributed by atoms with Gasteiger partial charge in [0.25, 0.3) is 0 Å². The molecule has 0 unspecified atom stereocenters. The first kappa shape index (κ1) is 14.9. The van der Waals surface area contributed by atoms with E-state index in [4.69, 9.17) is 9.73 Å². The first-order chi connectivity index (χ1) is 9.85. The summed E-state index contributed by atoms with van der Waals surface area (Å²) in [6, 6.07) is 8.37. The standard InChI is InChI=1S/C16H25N3O/c1-3-4-9-16(17-2)18-14-7-5-6-8-15(14)19-10-12-20-13-11-19/h5-8H,3-4,9-13H2,1-2H3,(H,17,18). The van der Waals surface area contributed by atoms with E-state index >= 15 is 0 Å². The zero-order valence-electron chi connectivity index (χ0n) is 12.6. The molecular formula is C16H25N3O. The number of unbranched alkanes of at least 4 members (excludes halogenated alkanes) is 1. The van der Waals surface area contributed by atoms with Crippen molar-refractivity contribution in [3.05, 3.63) is 24.3 Å². The summed E-state index contributed by atoms with van der Waals surface area (Å²) in [5.74, 6) is 1.06. The Bertz CT molecular complexity index is 439. The molecule has 20 heavy (non-hydrogen) atoms. The van der Waals surface area contributed by atoms with Gasteiger partial charge in [0.2, 0.25) is 0 Å². The van der Waals surface area contributed by atoms with E-state index in [1.165, 1.54) is 18.5 Å². The largest absolute Gasteiger partial charge is 0.378 e. The summed E-state index contributed by atoms with van der Waals surface area (Å²) in [6.45, 7) is 5.68. The number of anilines is 1. The van der Waals surface area contributed by atoms with Gasteiger partial charge in [-0.25, -0.2) is 4.99 Å². The van der Waals surface area contributed by atoms with E-state index in [9.17, 15) is 0 Å². The Labute approximate surface area is 121 Å². The highest BCUT2D eigenvalue weighted by molar-refractivity contribution is 5.86. The van der Waals surface area contributed by atoms with Crippen LogP contribution in [0.4, 0.5) is 11.4 Å². The first-order valence-electron chi connectivity index (χ1n) is 7.52. The number of nitrogens with zero attached hydrogens (tertiary/aromatic N) is 2. The number of amidine groups is 1. The number of para-hydroxylation sites is 2. The van der Waals surface area contributed by atoms with Gasteiger partial charge < -0.3 is 15.0 Å². The van der Waals surface area contributed by atoms with Crippen molar-refractivity contribution in [2.75, 3.05) is 38.3 Å². The molecule has 1 aromatic carbocycles. The molecule has 0 atom stereocenters. The molecule has 1 saturated heterocycles. The number of benzene rings is 1. The van der Waals surface area contributed by atoms with Crippen LogP contribution in [0.15, 0.2) is 29.3 Å². The van der Waals surface area contributed by atoms with Gasteiger partial charge in [0, 0.05) is 26.6 Å². The predicted octanol–water partition coefficient (Wildman–Crippen LogP) is 2.96. The number of aliphatic imine (C=N–C) groups is 1. The van der Waals surface area contributed by atoms with Gasteiger partial charge in [-0.05, 0) is 18.6 Å². The number of rotatable bonds is 5. The number of morpholine rings is 1. The van der Waals surface area contributed by atoms with E-state index in [0.29, 0.717) is 0 Å². The van der Waals surface area contributed by atoms with Crippen molar-refractivity contribution in [2.45, 2.75) is 26.2 Å². The van der Waals surface area contributed by atoms with Crippen molar-refractivity contribution in [3.63, 3.8) is 0 Å². The Morgan fingerprint density at radius 1 is 1.30 bits per heavy atom. The van der Waals surface area contributed by atoms with Crippen LogP contribution in [0.2, 0.25) is 0 Å². The third-order valence-electron chi connectivity index (χ3n) is 3.54. The highest BCUT2D eigenvalue weighted by Gasteiger charge is 2.14. The predicted molar refractivity (Wildman–Crippen MR) is 85.2 cm³/mol. The Balaban J connectivity index is 2.19. The van der Waals surface area contributed by atoms with Crippen LogP contribution < -0.4 is 10.2 Å². The van der Waals surface area contributed by atoms with Gasteiger partial charge in [-0.2, -0.15) is 0 Å². The molecule has 0 aliphatic carbocycles. The van der Waals surface area contributed by atoms with Gasteiger partial charge >= 0.3 is 0 Å². The van der Waals surface area contributed by atoms with Crippen molar-refractivity contribution in [3.8, 4) is 0 Å². The van der Waals surface area contributed by atoms with Crippen LogP contribution in [0.1, 0.15) is 26.2 Å². The minimum absolute atomic E-state index is 0.798. The van der Waals surface area contributed by atoms with Crippen molar-refractivity contribution in [2.24, 2.45) is 4.99 Å².